The molecule has 1 fully saturated rings. The Kier molecular flexibility index (Phi) is 5.78. The molecule has 156 valence electrons. The van der Waals surface area contributed by atoms with Crippen LogP contribution >= 0.6 is 0 Å². The Balaban J connectivity index is 1.56. The normalized spacial score (nSPS) is 18.4. The van der Waals surface area contributed by atoms with Gasteiger partial charge in [-0.05, 0) is 61.9 Å². The second-order valence-electron chi connectivity index (χ2n) is 8.54. The molecule has 3 aromatic rings. The van der Waals surface area contributed by atoms with Crippen molar-refractivity contribution < 1.29 is 4.79 Å². The molecule has 1 heterocycles. The van der Waals surface area contributed by atoms with Crippen molar-refractivity contribution in [1.82, 2.24) is 10.2 Å². The minimum absolute atomic E-state index is 0.0167. The first-order valence-corrected chi connectivity index (χ1v) is 10.8. The van der Waals surface area contributed by atoms with Gasteiger partial charge in [-0.3, -0.25) is 4.79 Å². The van der Waals surface area contributed by atoms with Crippen LogP contribution < -0.4 is 10.2 Å². The number of aryl methyl sites for hydroxylation is 1. The summed E-state index contributed by atoms with van der Waals surface area (Å²) in [4.78, 5) is 18.0. The van der Waals surface area contributed by atoms with Crippen molar-refractivity contribution in [3.63, 3.8) is 0 Å². The van der Waals surface area contributed by atoms with Gasteiger partial charge in [0.2, 0.25) is 0 Å². The van der Waals surface area contributed by atoms with E-state index in [9.17, 15) is 4.79 Å². The van der Waals surface area contributed by atoms with Crippen molar-refractivity contribution in [2.24, 2.45) is 0 Å². The SMILES string of the molecule is Cc1ccc(N2CCN(C)C(C)C2)cc1C(=O)N[C@H](C)c1cccc2ccccc12. The second-order valence-corrected chi connectivity index (χ2v) is 8.54. The number of carbonyl (C=O) groups excluding carboxylic acids is 1. The molecule has 4 rings (SSSR count). The van der Waals surface area contributed by atoms with E-state index in [4.69, 9.17) is 0 Å². The van der Waals surface area contributed by atoms with Gasteiger partial charge in [-0.25, -0.2) is 0 Å². The lowest BCUT2D eigenvalue weighted by atomic mass is 9.99. The zero-order valence-electron chi connectivity index (χ0n) is 18.4. The summed E-state index contributed by atoms with van der Waals surface area (Å²) in [5.74, 6) is -0.0167. The predicted octanol–water partition coefficient (Wildman–Crippen LogP) is 4.78. The number of likely N-dealkylation sites (N-methyl/N-ethyl adjacent to an activating group) is 1. The zero-order valence-corrected chi connectivity index (χ0v) is 18.4. The third-order valence-corrected chi connectivity index (χ3v) is 6.43. The van der Waals surface area contributed by atoms with Gasteiger partial charge in [0.05, 0.1) is 6.04 Å². The van der Waals surface area contributed by atoms with Gasteiger partial charge in [-0.2, -0.15) is 0 Å². The van der Waals surface area contributed by atoms with E-state index >= 15 is 0 Å². The van der Waals surface area contributed by atoms with E-state index in [1.54, 1.807) is 0 Å². The highest BCUT2D eigenvalue weighted by molar-refractivity contribution is 5.97. The van der Waals surface area contributed by atoms with Gasteiger partial charge >= 0.3 is 0 Å². The summed E-state index contributed by atoms with van der Waals surface area (Å²) in [5, 5.41) is 5.60. The first kappa shape index (κ1) is 20.4. The van der Waals surface area contributed by atoms with Gasteiger partial charge in [-0.1, -0.05) is 48.5 Å². The van der Waals surface area contributed by atoms with Crippen LogP contribution in [0.25, 0.3) is 10.8 Å². The molecule has 3 aromatic carbocycles. The van der Waals surface area contributed by atoms with Crippen molar-refractivity contribution in [3.8, 4) is 0 Å². The Morgan fingerprint density at radius 2 is 1.83 bits per heavy atom. The molecular weight excluding hydrogens is 370 g/mol. The van der Waals surface area contributed by atoms with Crippen LogP contribution in [-0.4, -0.2) is 43.5 Å². The van der Waals surface area contributed by atoms with Crippen molar-refractivity contribution in [1.29, 1.82) is 0 Å². The zero-order chi connectivity index (χ0) is 21.3. The number of amides is 1. The predicted molar refractivity (Wildman–Crippen MR) is 125 cm³/mol. The van der Waals surface area contributed by atoms with Gasteiger partial charge in [0.25, 0.3) is 5.91 Å². The molecule has 0 aliphatic carbocycles. The fourth-order valence-corrected chi connectivity index (χ4v) is 4.31. The Morgan fingerprint density at radius 1 is 1.07 bits per heavy atom. The molecule has 4 nitrogen and oxygen atoms in total. The average Bonchev–Trinajstić information content (AvgIpc) is 2.75. The molecule has 0 bridgehead atoms. The van der Waals surface area contributed by atoms with Crippen LogP contribution in [0.15, 0.2) is 60.7 Å². The lowest BCUT2D eigenvalue weighted by molar-refractivity contribution is 0.0939. The van der Waals surface area contributed by atoms with Crippen LogP contribution in [0, 0.1) is 6.92 Å². The average molecular weight is 402 g/mol. The minimum Gasteiger partial charge on any atom is -0.369 e. The highest BCUT2D eigenvalue weighted by Crippen LogP contribution is 2.26. The monoisotopic (exact) mass is 401 g/mol. The third-order valence-electron chi connectivity index (χ3n) is 6.43. The molecule has 0 spiro atoms. The maximum absolute atomic E-state index is 13.2. The quantitative estimate of drug-likeness (QED) is 0.683. The minimum atomic E-state index is -0.0738. The Morgan fingerprint density at radius 3 is 2.63 bits per heavy atom. The number of anilines is 1. The fraction of sp³-hybridized carbons (Fsp3) is 0.346. The summed E-state index contributed by atoms with van der Waals surface area (Å²) < 4.78 is 0. The standard InChI is InChI=1S/C26H31N3O/c1-18-12-13-22(29-15-14-28(4)19(2)17-29)16-25(18)26(30)27-20(3)23-11-7-9-21-8-5-6-10-24(21)23/h5-13,16,19-20H,14-15,17H2,1-4H3,(H,27,30)/t19?,20-/m1/s1. The third kappa shape index (κ3) is 4.05. The Bertz CT molecular complexity index is 1060. The summed E-state index contributed by atoms with van der Waals surface area (Å²) in [6.07, 6.45) is 0. The van der Waals surface area contributed by atoms with E-state index in [0.29, 0.717) is 6.04 Å². The van der Waals surface area contributed by atoms with E-state index in [-0.39, 0.29) is 11.9 Å². The molecular formula is C26H31N3O. The highest BCUT2D eigenvalue weighted by Gasteiger charge is 2.22. The van der Waals surface area contributed by atoms with Gasteiger partial charge in [0.15, 0.2) is 0 Å². The van der Waals surface area contributed by atoms with Crippen molar-refractivity contribution in [2.75, 3.05) is 31.6 Å². The van der Waals surface area contributed by atoms with E-state index in [0.717, 1.165) is 42.0 Å². The maximum atomic E-state index is 13.2. The number of rotatable bonds is 4. The smallest absolute Gasteiger partial charge is 0.252 e. The summed E-state index contributed by atoms with van der Waals surface area (Å²) >= 11 is 0. The van der Waals surface area contributed by atoms with Crippen LogP contribution in [0.2, 0.25) is 0 Å². The summed E-state index contributed by atoms with van der Waals surface area (Å²) in [6.45, 7) is 9.31. The number of carbonyl (C=O) groups is 1. The largest absolute Gasteiger partial charge is 0.369 e. The van der Waals surface area contributed by atoms with E-state index in [1.807, 2.05) is 19.1 Å². The Hall–Kier alpha value is -2.85. The van der Waals surface area contributed by atoms with Crippen LogP contribution in [0.1, 0.15) is 41.4 Å². The fourth-order valence-electron chi connectivity index (χ4n) is 4.31. The molecule has 1 saturated heterocycles. The molecule has 1 unspecified atom stereocenters. The summed E-state index contributed by atoms with van der Waals surface area (Å²) in [5.41, 5.74) is 4.03. The molecule has 1 N–H and O–H groups in total. The van der Waals surface area contributed by atoms with E-state index < -0.39 is 0 Å². The Labute approximate surface area is 179 Å². The number of nitrogens with one attached hydrogen (secondary N) is 1. The highest BCUT2D eigenvalue weighted by atomic mass is 16.1. The molecule has 0 saturated carbocycles. The molecule has 0 radical (unpaired) electrons. The van der Waals surface area contributed by atoms with Crippen LogP contribution in [0.3, 0.4) is 0 Å². The van der Waals surface area contributed by atoms with Crippen LogP contribution in [0.4, 0.5) is 5.69 Å². The van der Waals surface area contributed by atoms with Gasteiger partial charge in [-0.15, -0.1) is 0 Å². The van der Waals surface area contributed by atoms with Crippen LogP contribution in [0.5, 0.6) is 0 Å². The molecule has 0 aromatic heterocycles. The second kappa shape index (κ2) is 8.49. The van der Waals surface area contributed by atoms with Crippen molar-refractivity contribution >= 4 is 22.4 Å². The molecule has 4 heteroatoms. The summed E-state index contributed by atoms with van der Waals surface area (Å²) in [6, 6.07) is 21.3. The molecule has 2 atom stereocenters. The number of piperazine rings is 1. The van der Waals surface area contributed by atoms with Crippen LogP contribution in [-0.2, 0) is 0 Å². The van der Waals surface area contributed by atoms with Gasteiger partial charge in [0.1, 0.15) is 0 Å². The lowest BCUT2D eigenvalue weighted by Gasteiger charge is -2.39. The number of benzene rings is 3. The van der Waals surface area contributed by atoms with E-state index in [2.05, 4.69) is 84.5 Å². The lowest BCUT2D eigenvalue weighted by Crippen LogP contribution is -2.50. The molecule has 30 heavy (non-hydrogen) atoms. The first-order chi connectivity index (χ1) is 14.4. The first-order valence-electron chi connectivity index (χ1n) is 10.8. The summed E-state index contributed by atoms with van der Waals surface area (Å²) in [7, 11) is 2.17. The number of fused-ring (bicyclic) bond motifs is 1. The molecule has 1 aliphatic rings. The number of nitrogens with zero attached hydrogens (tertiary/aromatic N) is 2. The topological polar surface area (TPSA) is 35.6 Å². The van der Waals surface area contributed by atoms with Crippen molar-refractivity contribution in [2.45, 2.75) is 32.9 Å². The van der Waals surface area contributed by atoms with E-state index in [1.165, 1.54) is 10.8 Å². The number of hydrogen-bond donors (Lipinski definition) is 1. The molecule has 1 amide bonds. The molecule has 1 aliphatic heterocycles. The van der Waals surface area contributed by atoms with Crippen molar-refractivity contribution in [3.05, 3.63) is 77.4 Å². The number of hydrogen-bond acceptors (Lipinski definition) is 3. The van der Waals surface area contributed by atoms with Gasteiger partial charge < -0.3 is 15.1 Å². The van der Waals surface area contributed by atoms with Gasteiger partial charge in [0, 0.05) is 36.9 Å². The maximum Gasteiger partial charge on any atom is 0.252 e.